The molecule has 0 saturated carbocycles. The number of amides is 1. The molecule has 23 heavy (non-hydrogen) atoms. The van der Waals surface area contributed by atoms with E-state index in [1.165, 1.54) is 6.08 Å². The van der Waals surface area contributed by atoms with Crippen LogP contribution in [0.3, 0.4) is 0 Å². The first-order chi connectivity index (χ1) is 10.8. The molecule has 126 valence electrons. The second-order valence-electron chi connectivity index (χ2n) is 6.42. The molecule has 0 heterocycles. The van der Waals surface area contributed by atoms with Crippen molar-refractivity contribution in [3.8, 4) is 5.75 Å². The summed E-state index contributed by atoms with van der Waals surface area (Å²) in [6.45, 7) is 10.3. The van der Waals surface area contributed by atoms with Gasteiger partial charge in [-0.25, -0.2) is 4.79 Å². The van der Waals surface area contributed by atoms with E-state index in [1.54, 1.807) is 12.1 Å². The molecule has 0 aliphatic carbocycles. The monoisotopic (exact) mass is 319 g/mol. The lowest BCUT2D eigenvalue weighted by Crippen LogP contribution is -2.34. The van der Waals surface area contributed by atoms with Gasteiger partial charge in [0.1, 0.15) is 12.4 Å². The van der Waals surface area contributed by atoms with E-state index >= 15 is 0 Å². The molecule has 0 aromatic heterocycles. The van der Waals surface area contributed by atoms with Crippen LogP contribution in [0.1, 0.15) is 32.8 Å². The molecule has 1 rings (SSSR count). The van der Waals surface area contributed by atoms with Gasteiger partial charge in [0.2, 0.25) is 0 Å². The van der Waals surface area contributed by atoms with E-state index in [4.69, 9.17) is 9.47 Å². The molecule has 0 atom stereocenters. The summed E-state index contributed by atoms with van der Waals surface area (Å²) in [5, 5.41) is 2.71. The van der Waals surface area contributed by atoms with E-state index in [0.717, 1.165) is 5.56 Å². The number of carbonyl (C=O) groups is 2. The molecular formula is C18H25NO4. The topological polar surface area (TPSA) is 64.6 Å². The molecule has 5 heteroatoms. The largest absolute Gasteiger partial charge is 0.461 e. The maximum atomic E-state index is 11.7. The predicted molar refractivity (Wildman–Crippen MR) is 89.4 cm³/mol. The van der Waals surface area contributed by atoms with Gasteiger partial charge in [-0.05, 0) is 29.5 Å². The minimum atomic E-state index is -0.472. The SMILES string of the molecule is C=CCOC(=O)CCc1ccc(OC(=O)NCC(C)(C)C)cc1. The lowest BCUT2D eigenvalue weighted by atomic mass is 9.97. The lowest BCUT2D eigenvalue weighted by molar-refractivity contribution is -0.142. The fourth-order valence-electron chi connectivity index (χ4n) is 1.68. The van der Waals surface area contributed by atoms with Gasteiger partial charge in [0.25, 0.3) is 0 Å². The maximum absolute atomic E-state index is 11.7. The molecule has 1 aromatic rings. The van der Waals surface area contributed by atoms with E-state index in [1.807, 2.05) is 32.9 Å². The Kier molecular flexibility index (Phi) is 7.32. The number of hydrogen-bond donors (Lipinski definition) is 1. The smallest absolute Gasteiger partial charge is 0.412 e. The van der Waals surface area contributed by atoms with E-state index in [9.17, 15) is 9.59 Å². The molecule has 0 bridgehead atoms. The molecule has 0 fully saturated rings. The Morgan fingerprint density at radius 2 is 1.87 bits per heavy atom. The molecule has 1 N–H and O–H groups in total. The average Bonchev–Trinajstić information content (AvgIpc) is 2.49. The van der Waals surface area contributed by atoms with E-state index in [2.05, 4.69) is 11.9 Å². The van der Waals surface area contributed by atoms with Gasteiger partial charge in [-0.3, -0.25) is 4.79 Å². The van der Waals surface area contributed by atoms with Gasteiger partial charge < -0.3 is 14.8 Å². The zero-order chi connectivity index (χ0) is 17.3. The zero-order valence-electron chi connectivity index (χ0n) is 14.1. The summed E-state index contributed by atoms with van der Waals surface area (Å²) >= 11 is 0. The number of hydrogen-bond acceptors (Lipinski definition) is 4. The first-order valence-corrected chi connectivity index (χ1v) is 7.61. The molecule has 0 unspecified atom stereocenters. The molecule has 0 aliphatic heterocycles. The number of rotatable bonds is 7. The van der Waals surface area contributed by atoms with Crippen molar-refractivity contribution in [3.63, 3.8) is 0 Å². The Morgan fingerprint density at radius 3 is 2.43 bits per heavy atom. The molecule has 5 nitrogen and oxygen atoms in total. The molecular weight excluding hydrogens is 294 g/mol. The van der Waals surface area contributed by atoms with Crippen LogP contribution < -0.4 is 10.1 Å². The highest BCUT2D eigenvalue weighted by molar-refractivity contribution is 5.70. The Labute approximate surface area is 137 Å². The third-order valence-electron chi connectivity index (χ3n) is 2.88. The fourth-order valence-corrected chi connectivity index (χ4v) is 1.68. The maximum Gasteiger partial charge on any atom is 0.412 e. The highest BCUT2D eigenvalue weighted by Crippen LogP contribution is 2.15. The summed E-state index contributed by atoms with van der Waals surface area (Å²) in [5.74, 6) is 0.209. The van der Waals surface area contributed by atoms with Crippen LogP contribution in [0.2, 0.25) is 0 Å². The third kappa shape index (κ3) is 8.66. The van der Waals surface area contributed by atoms with E-state index < -0.39 is 6.09 Å². The number of aryl methyl sites for hydroxylation is 1. The van der Waals surface area contributed by atoms with Crippen molar-refractivity contribution in [2.24, 2.45) is 5.41 Å². The number of benzene rings is 1. The van der Waals surface area contributed by atoms with Crippen molar-refractivity contribution in [2.75, 3.05) is 13.2 Å². The van der Waals surface area contributed by atoms with Crippen molar-refractivity contribution in [2.45, 2.75) is 33.6 Å². The van der Waals surface area contributed by atoms with Crippen LogP contribution in [0.15, 0.2) is 36.9 Å². The lowest BCUT2D eigenvalue weighted by Gasteiger charge is -2.18. The summed E-state index contributed by atoms with van der Waals surface area (Å²) in [6.07, 6.45) is 1.95. The van der Waals surface area contributed by atoms with Crippen LogP contribution in [0, 0.1) is 5.41 Å². The van der Waals surface area contributed by atoms with Crippen LogP contribution in [-0.4, -0.2) is 25.2 Å². The van der Waals surface area contributed by atoms with Crippen LogP contribution in [0.4, 0.5) is 4.79 Å². The highest BCUT2D eigenvalue weighted by atomic mass is 16.6. The normalized spacial score (nSPS) is 10.7. The average molecular weight is 319 g/mol. The quantitative estimate of drug-likeness (QED) is 0.617. The number of esters is 1. The second-order valence-corrected chi connectivity index (χ2v) is 6.42. The summed E-state index contributed by atoms with van der Waals surface area (Å²) in [4.78, 5) is 23.0. The van der Waals surface area contributed by atoms with Crippen LogP contribution in [0.25, 0.3) is 0 Å². The molecule has 0 aliphatic rings. The Balaban J connectivity index is 2.39. The summed E-state index contributed by atoms with van der Waals surface area (Å²) in [5.41, 5.74) is 0.978. The molecule has 1 amide bonds. The Morgan fingerprint density at radius 1 is 1.22 bits per heavy atom. The molecule has 0 spiro atoms. The first kappa shape index (κ1) is 18.7. The van der Waals surface area contributed by atoms with Crippen LogP contribution in [0.5, 0.6) is 5.75 Å². The fraction of sp³-hybridized carbons (Fsp3) is 0.444. The van der Waals surface area contributed by atoms with Gasteiger partial charge in [-0.15, -0.1) is 0 Å². The number of carbonyl (C=O) groups excluding carboxylic acids is 2. The predicted octanol–water partition coefficient (Wildman–Crippen LogP) is 3.48. The molecule has 1 aromatic carbocycles. The van der Waals surface area contributed by atoms with Gasteiger partial charge in [0.15, 0.2) is 0 Å². The van der Waals surface area contributed by atoms with Crippen LogP contribution >= 0.6 is 0 Å². The standard InChI is InChI=1S/C18H25NO4/c1-5-12-22-16(20)11-8-14-6-9-15(10-7-14)23-17(21)19-13-18(2,3)4/h5-7,9-10H,1,8,11-13H2,2-4H3,(H,19,21). The van der Waals surface area contributed by atoms with Crippen LogP contribution in [-0.2, 0) is 16.0 Å². The van der Waals surface area contributed by atoms with Gasteiger partial charge >= 0.3 is 12.1 Å². The minimum Gasteiger partial charge on any atom is -0.461 e. The van der Waals surface area contributed by atoms with Gasteiger partial charge in [0.05, 0.1) is 0 Å². The van der Waals surface area contributed by atoms with Crippen molar-refractivity contribution in [1.82, 2.24) is 5.32 Å². The summed E-state index contributed by atoms with van der Waals surface area (Å²) in [7, 11) is 0. The Hall–Kier alpha value is -2.30. The molecule has 0 radical (unpaired) electrons. The first-order valence-electron chi connectivity index (χ1n) is 7.61. The summed E-state index contributed by atoms with van der Waals surface area (Å²) < 4.78 is 10.1. The number of ether oxygens (including phenoxy) is 2. The Bertz CT molecular complexity index is 529. The van der Waals surface area contributed by atoms with Gasteiger partial charge in [-0.1, -0.05) is 45.6 Å². The second kappa shape index (κ2) is 8.98. The molecule has 0 saturated heterocycles. The van der Waals surface area contributed by atoms with Crippen molar-refractivity contribution in [3.05, 3.63) is 42.5 Å². The van der Waals surface area contributed by atoms with Crippen molar-refractivity contribution < 1.29 is 19.1 Å². The third-order valence-corrected chi connectivity index (χ3v) is 2.88. The van der Waals surface area contributed by atoms with Crippen molar-refractivity contribution in [1.29, 1.82) is 0 Å². The highest BCUT2D eigenvalue weighted by Gasteiger charge is 2.13. The summed E-state index contributed by atoms with van der Waals surface area (Å²) in [6, 6.07) is 7.07. The number of nitrogens with one attached hydrogen (secondary N) is 1. The van der Waals surface area contributed by atoms with E-state index in [-0.39, 0.29) is 18.0 Å². The van der Waals surface area contributed by atoms with Crippen molar-refractivity contribution >= 4 is 12.1 Å². The minimum absolute atomic E-state index is 0.00306. The van der Waals surface area contributed by atoms with E-state index in [0.29, 0.717) is 25.1 Å². The van der Waals surface area contributed by atoms with Gasteiger partial charge in [0, 0.05) is 13.0 Å². The zero-order valence-corrected chi connectivity index (χ0v) is 14.1. The van der Waals surface area contributed by atoms with Gasteiger partial charge in [-0.2, -0.15) is 0 Å².